The first kappa shape index (κ1) is 18.4. The number of anilines is 1. The molecular weight excluding hydrogens is 314 g/mol. The summed E-state index contributed by atoms with van der Waals surface area (Å²) < 4.78 is 0. The number of hydrogen-bond donors (Lipinski definition) is 1. The highest BCUT2D eigenvalue weighted by Gasteiger charge is 2.16. The molecule has 0 fully saturated rings. The third-order valence-electron chi connectivity index (χ3n) is 3.82. The first-order valence-electron chi connectivity index (χ1n) is 8.44. The van der Waals surface area contributed by atoms with Gasteiger partial charge in [0.1, 0.15) is 0 Å². The molecule has 0 aliphatic carbocycles. The van der Waals surface area contributed by atoms with Crippen LogP contribution in [-0.2, 0) is 4.79 Å². The molecule has 5 heteroatoms. The van der Waals surface area contributed by atoms with Gasteiger partial charge >= 0.3 is 0 Å². The lowest BCUT2D eigenvalue weighted by Gasteiger charge is -2.18. The lowest BCUT2D eigenvalue weighted by molar-refractivity contribution is -0.121. The predicted molar refractivity (Wildman–Crippen MR) is 101 cm³/mol. The summed E-state index contributed by atoms with van der Waals surface area (Å²) in [5.74, 6) is -0.133. The van der Waals surface area contributed by atoms with Gasteiger partial charge in [-0.1, -0.05) is 44.2 Å². The predicted octanol–water partition coefficient (Wildman–Crippen LogP) is 3.60. The maximum absolute atomic E-state index is 12.5. The van der Waals surface area contributed by atoms with Crippen molar-refractivity contribution >= 4 is 23.2 Å². The van der Waals surface area contributed by atoms with E-state index in [1.807, 2.05) is 56.3 Å². The van der Waals surface area contributed by atoms with Gasteiger partial charge in [0.15, 0.2) is 0 Å². The Morgan fingerprint density at radius 1 is 1.00 bits per heavy atom. The van der Waals surface area contributed by atoms with Crippen LogP contribution < -0.4 is 10.3 Å². The van der Waals surface area contributed by atoms with Gasteiger partial charge in [0.25, 0.3) is 5.91 Å². The summed E-state index contributed by atoms with van der Waals surface area (Å²) in [5, 5.41) is 4.06. The van der Waals surface area contributed by atoms with E-state index in [1.165, 1.54) is 0 Å². The Balaban J connectivity index is 0.00000109. The fraction of sp³-hybridized carbons (Fsp3) is 0.250. The number of nitrogens with one attached hydrogen (secondary N) is 1. The summed E-state index contributed by atoms with van der Waals surface area (Å²) in [5.41, 5.74) is 5.69. The Morgan fingerprint density at radius 3 is 2.20 bits per heavy atom. The van der Waals surface area contributed by atoms with E-state index >= 15 is 0 Å². The lowest BCUT2D eigenvalue weighted by Crippen LogP contribution is -2.27. The van der Waals surface area contributed by atoms with E-state index in [2.05, 4.69) is 10.5 Å². The molecule has 0 bridgehead atoms. The fourth-order valence-electron chi connectivity index (χ4n) is 2.45. The van der Waals surface area contributed by atoms with Gasteiger partial charge in [0.05, 0.1) is 5.71 Å². The number of amides is 2. The molecule has 0 aromatic heterocycles. The van der Waals surface area contributed by atoms with Gasteiger partial charge in [-0.2, -0.15) is 5.10 Å². The molecule has 0 unspecified atom stereocenters. The number of rotatable bonds is 3. The van der Waals surface area contributed by atoms with E-state index in [0.717, 1.165) is 17.0 Å². The van der Waals surface area contributed by atoms with Crippen LogP contribution in [0.5, 0.6) is 0 Å². The summed E-state index contributed by atoms with van der Waals surface area (Å²) >= 11 is 0. The van der Waals surface area contributed by atoms with E-state index in [4.69, 9.17) is 0 Å². The Morgan fingerprint density at radius 2 is 1.64 bits per heavy atom. The topological polar surface area (TPSA) is 61.8 Å². The standard InChI is InChI=1S/C18H17N3O2.C2H6/c1-21(15-5-3-2-4-6-15)18(23)14-9-7-13(8-10-14)16-11-12-17(22)20-19-16;1-2/h2-10H,11-12H2,1H3,(H,20,22);1-2H3. The van der Waals surface area contributed by atoms with Crippen LogP contribution in [0.25, 0.3) is 0 Å². The second-order valence-corrected chi connectivity index (χ2v) is 5.37. The van der Waals surface area contributed by atoms with Crippen LogP contribution in [0.4, 0.5) is 5.69 Å². The first-order chi connectivity index (χ1) is 12.1. The first-order valence-corrected chi connectivity index (χ1v) is 8.44. The summed E-state index contributed by atoms with van der Waals surface area (Å²) in [6, 6.07) is 16.8. The second-order valence-electron chi connectivity index (χ2n) is 5.37. The van der Waals surface area contributed by atoms with Gasteiger partial charge in [-0.15, -0.1) is 0 Å². The maximum atomic E-state index is 12.5. The molecule has 130 valence electrons. The summed E-state index contributed by atoms with van der Waals surface area (Å²) in [4.78, 5) is 25.3. The molecule has 25 heavy (non-hydrogen) atoms. The molecule has 1 aliphatic heterocycles. The smallest absolute Gasteiger partial charge is 0.258 e. The van der Waals surface area contributed by atoms with E-state index < -0.39 is 0 Å². The van der Waals surface area contributed by atoms with E-state index in [1.54, 1.807) is 24.1 Å². The number of hydrazone groups is 1. The third kappa shape index (κ3) is 4.53. The minimum absolute atomic E-state index is 0.0648. The lowest BCUT2D eigenvalue weighted by atomic mass is 10.0. The zero-order valence-electron chi connectivity index (χ0n) is 14.8. The molecule has 0 radical (unpaired) electrons. The number of para-hydroxylation sites is 1. The van der Waals surface area contributed by atoms with Crippen LogP contribution in [0.2, 0.25) is 0 Å². The number of nitrogens with zero attached hydrogens (tertiary/aromatic N) is 2. The van der Waals surface area contributed by atoms with Gasteiger partial charge in [0.2, 0.25) is 5.91 Å². The van der Waals surface area contributed by atoms with Crippen molar-refractivity contribution in [2.24, 2.45) is 5.10 Å². The van der Waals surface area contributed by atoms with Crippen molar-refractivity contribution in [3.05, 3.63) is 65.7 Å². The van der Waals surface area contributed by atoms with Crippen molar-refractivity contribution in [2.45, 2.75) is 26.7 Å². The highest BCUT2D eigenvalue weighted by atomic mass is 16.2. The Kier molecular flexibility index (Phi) is 6.46. The minimum Gasteiger partial charge on any atom is -0.311 e. The molecule has 0 saturated heterocycles. The SMILES string of the molecule is CC.CN(C(=O)c1ccc(C2=NNC(=O)CC2)cc1)c1ccccc1. The molecule has 0 atom stereocenters. The number of carbonyl (C=O) groups excluding carboxylic acids is 2. The second kappa shape index (κ2) is 8.78. The van der Waals surface area contributed by atoms with Gasteiger partial charge in [-0.25, -0.2) is 5.43 Å². The fourth-order valence-corrected chi connectivity index (χ4v) is 2.45. The van der Waals surface area contributed by atoms with Crippen molar-refractivity contribution in [1.82, 2.24) is 5.43 Å². The summed E-state index contributed by atoms with van der Waals surface area (Å²) in [7, 11) is 1.76. The molecule has 5 nitrogen and oxygen atoms in total. The van der Waals surface area contributed by atoms with E-state index in [9.17, 15) is 9.59 Å². The molecule has 2 amide bonds. The maximum Gasteiger partial charge on any atom is 0.258 e. The molecule has 0 spiro atoms. The third-order valence-corrected chi connectivity index (χ3v) is 3.82. The van der Waals surface area contributed by atoms with E-state index in [-0.39, 0.29) is 11.8 Å². The largest absolute Gasteiger partial charge is 0.311 e. The van der Waals surface area contributed by atoms with Crippen LogP contribution in [0.15, 0.2) is 59.7 Å². The number of benzene rings is 2. The molecule has 1 heterocycles. The average Bonchev–Trinajstić information content (AvgIpc) is 2.70. The minimum atomic E-state index is -0.0679. The zero-order chi connectivity index (χ0) is 18.2. The molecule has 2 aromatic carbocycles. The van der Waals surface area contributed by atoms with Crippen molar-refractivity contribution in [1.29, 1.82) is 0 Å². The van der Waals surface area contributed by atoms with Crippen LogP contribution in [0.3, 0.4) is 0 Å². The average molecular weight is 337 g/mol. The summed E-state index contributed by atoms with van der Waals surface area (Å²) in [6.07, 6.45) is 1.05. The van der Waals surface area contributed by atoms with Gasteiger partial charge < -0.3 is 4.90 Å². The highest BCUT2D eigenvalue weighted by Crippen LogP contribution is 2.16. The van der Waals surface area contributed by atoms with Crippen molar-refractivity contribution < 1.29 is 9.59 Å². The van der Waals surface area contributed by atoms with Crippen molar-refractivity contribution in [3.63, 3.8) is 0 Å². The van der Waals surface area contributed by atoms with Gasteiger partial charge in [-0.05, 0) is 29.8 Å². The molecule has 1 N–H and O–H groups in total. The van der Waals surface area contributed by atoms with Gasteiger partial charge in [0, 0.05) is 31.1 Å². The Labute approximate surface area is 148 Å². The molecular formula is C20H23N3O2. The quantitative estimate of drug-likeness (QED) is 0.930. The number of carbonyl (C=O) groups is 2. The van der Waals surface area contributed by atoms with Crippen LogP contribution in [-0.4, -0.2) is 24.6 Å². The highest BCUT2D eigenvalue weighted by molar-refractivity contribution is 6.07. The van der Waals surface area contributed by atoms with Crippen molar-refractivity contribution in [3.8, 4) is 0 Å². The zero-order valence-corrected chi connectivity index (χ0v) is 14.8. The van der Waals surface area contributed by atoms with Crippen LogP contribution >= 0.6 is 0 Å². The summed E-state index contributed by atoms with van der Waals surface area (Å²) in [6.45, 7) is 4.00. The Hall–Kier alpha value is -2.95. The molecule has 1 aliphatic rings. The van der Waals surface area contributed by atoms with Crippen LogP contribution in [0, 0.1) is 0 Å². The molecule has 2 aromatic rings. The Bertz CT molecular complexity index is 752. The normalized spacial score (nSPS) is 13.1. The van der Waals surface area contributed by atoms with Gasteiger partial charge in [-0.3, -0.25) is 9.59 Å². The molecule has 3 rings (SSSR count). The number of hydrogen-bond acceptors (Lipinski definition) is 3. The molecule has 0 saturated carbocycles. The monoisotopic (exact) mass is 337 g/mol. The van der Waals surface area contributed by atoms with Crippen molar-refractivity contribution in [2.75, 3.05) is 11.9 Å². The van der Waals surface area contributed by atoms with Crippen LogP contribution in [0.1, 0.15) is 42.6 Å². The van der Waals surface area contributed by atoms with E-state index in [0.29, 0.717) is 18.4 Å².